The van der Waals surface area contributed by atoms with Crippen molar-refractivity contribution in [2.75, 3.05) is 0 Å². The summed E-state index contributed by atoms with van der Waals surface area (Å²) in [6.07, 6.45) is 1.72. The van der Waals surface area contributed by atoms with Crippen LogP contribution in [0.1, 0.15) is 30.5 Å². The first-order chi connectivity index (χ1) is 12.5. The van der Waals surface area contributed by atoms with E-state index in [0.29, 0.717) is 17.4 Å². The van der Waals surface area contributed by atoms with Crippen LogP contribution in [0, 0.1) is 6.92 Å². The van der Waals surface area contributed by atoms with E-state index in [1.807, 2.05) is 44.2 Å². The van der Waals surface area contributed by atoms with E-state index in [0.717, 1.165) is 15.6 Å². The number of amides is 1. The molecule has 0 spiro atoms. The van der Waals surface area contributed by atoms with Crippen LogP contribution in [-0.4, -0.2) is 15.5 Å². The number of fused-ring (bicyclic) bond motifs is 1. The maximum absolute atomic E-state index is 12.6. The van der Waals surface area contributed by atoms with Gasteiger partial charge in [0.25, 0.3) is 5.56 Å². The Morgan fingerprint density at radius 1 is 1.27 bits per heavy atom. The molecule has 5 nitrogen and oxygen atoms in total. The summed E-state index contributed by atoms with van der Waals surface area (Å²) in [5, 5.41) is 3.53. The fourth-order valence-corrected chi connectivity index (χ4v) is 3.34. The molecule has 1 heterocycles. The minimum atomic E-state index is -0.143. The van der Waals surface area contributed by atoms with Crippen LogP contribution in [0.4, 0.5) is 0 Å². The highest BCUT2D eigenvalue weighted by Gasteiger charge is 2.12. The largest absolute Gasteiger partial charge is 0.350 e. The van der Waals surface area contributed by atoms with Crippen molar-refractivity contribution in [3.05, 3.63) is 74.7 Å². The first-order valence-corrected chi connectivity index (χ1v) is 9.24. The van der Waals surface area contributed by atoms with E-state index in [-0.39, 0.29) is 23.9 Å². The lowest BCUT2D eigenvalue weighted by Gasteiger charge is -2.16. The molecule has 6 heteroatoms. The van der Waals surface area contributed by atoms with Crippen LogP contribution in [0.15, 0.2) is 58.1 Å². The molecule has 0 saturated heterocycles. The van der Waals surface area contributed by atoms with Crippen molar-refractivity contribution in [1.29, 1.82) is 0 Å². The summed E-state index contributed by atoms with van der Waals surface area (Å²) in [6.45, 7) is 4.28. The molecule has 1 N–H and O–H groups in total. The molecule has 0 aliphatic heterocycles. The Morgan fingerprint density at radius 2 is 2.04 bits per heavy atom. The average Bonchev–Trinajstić information content (AvgIpc) is 2.62. The number of nitrogens with zero attached hydrogens (tertiary/aromatic N) is 2. The fraction of sp³-hybridized carbons (Fsp3) is 0.250. The van der Waals surface area contributed by atoms with Gasteiger partial charge in [-0.2, -0.15) is 0 Å². The quantitative estimate of drug-likeness (QED) is 0.692. The summed E-state index contributed by atoms with van der Waals surface area (Å²) >= 11 is 3.37. The van der Waals surface area contributed by atoms with Gasteiger partial charge in [0.1, 0.15) is 0 Å². The number of halogens is 1. The lowest BCUT2D eigenvalue weighted by Crippen LogP contribution is -2.29. The fourth-order valence-electron chi connectivity index (χ4n) is 2.98. The molecule has 26 heavy (non-hydrogen) atoms. The molecule has 0 aliphatic rings. The van der Waals surface area contributed by atoms with Crippen LogP contribution in [0.3, 0.4) is 0 Å². The van der Waals surface area contributed by atoms with Crippen LogP contribution in [0.5, 0.6) is 0 Å². The number of nitrogens with one attached hydrogen (secondary N) is 1. The van der Waals surface area contributed by atoms with E-state index in [1.165, 1.54) is 10.9 Å². The van der Waals surface area contributed by atoms with Crippen LogP contribution in [-0.2, 0) is 11.3 Å². The van der Waals surface area contributed by atoms with Gasteiger partial charge in [-0.15, -0.1) is 0 Å². The third kappa shape index (κ3) is 4.02. The normalized spacial score (nSPS) is 12.1. The molecular weight excluding hydrogens is 394 g/mol. The Morgan fingerprint density at radius 3 is 2.81 bits per heavy atom. The van der Waals surface area contributed by atoms with E-state index in [4.69, 9.17) is 0 Å². The van der Waals surface area contributed by atoms with E-state index in [1.54, 1.807) is 12.1 Å². The third-order valence-electron chi connectivity index (χ3n) is 4.40. The molecule has 2 aromatic carbocycles. The van der Waals surface area contributed by atoms with Gasteiger partial charge in [0.2, 0.25) is 5.91 Å². The zero-order valence-corrected chi connectivity index (χ0v) is 16.3. The van der Waals surface area contributed by atoms with Crippen LogP contribution >= 0.6 is 15.9 Å². The van der Waals surface area contributed by atoms with Gasteiger partial charge in [-0.05, 0) is 43.2 Å². The Balaban J connectivity index is 1.68. The van der Waals surface area contributed by atoms with Crippen molar-refractivity contribution in [2.24, 2.45) is 0 Å². The Hall–Kier alpha value is -2.47. The van der Waals surface area contributed by atoms with Crippen molar-refractivity contribution in [3.8, 4) is 0 Å². The number of hydrogen-bond acceptors (Lipinski definition) is 3. The first kappa shape index (κ1) is 18.3. The van der Waals surface area contributed by atoms with Crippen LogP contribution in [0.25, 0.3) is 10.9 Å². The molecule has 0 radical (unpaired) electrons. The second-order valence-corrected chi connectivity index (χ2v) is 7.22. The number of aryl methyl sites for hydroxylation is 2. The summed E-state index contributed by atoms with van der Waals surface area (Å²) < 4.78 is 2.30. The van der Waals surface area contributed by atoms with E-state index in [2.05, 4.69) is 26.2 Å². The smallest absolute Gasteiger partial charge is 0.261 e. The number of aromatic nitrogens is 2. The molecule has 3 aromatic rings. The van der Waals surface area contributed by atoms with Gasteiger partial charge in [-0.1, -0.05) is 40.2 Å². The summed E-state index contributed by atoms with van der Waals surface area (Å²) in [7, 11) is 0. The van der Waals surface area contributed by atoms with E-state index >= 15 is 0 Å². The minimum Gasteiger partial charge on any atom is -0.350 e. The van der Waals surface area contributed by atoms with Crippen molar-refractivity contribution in [1.82, 2.24) is 14.9 Å². The van der Waals surface area contributed by atoms with E-state index < -0.39 is 0 Å². The van der Waals surface area contributed by atoms with Crippen molar-refractivity contribution < 1.29 is 4.79 Å². The van der Waals surface area contributed by atoms with Gasteiger partial charge in [-0.3, -0.25) is 14.2 Å². The second kappa shape index (κ2) is 7.83. The highest BCUT2D eigenvalue weighted by Crippen LogP contribution is 2.17. The first-order valence-electron chi connectivity index (χ1n) is 8.45. The lowest BCUT2D eigenvalue weighted by atomic mass is 10.0. The maximum Gasteiger partial charge on any atom is 0.261 e. The number of carbonyl (C=O) groups excluding carboxylic acids is 1. The summed E-state index contributed by atoms with van der Waals surface area (Å²) in [4.78, 5) is 29.1. The zero-order chi connectivity index (χ0) is 18.7. The number of rotatable bonds is 5. The van der Waals surface area contributed by atoms with Crippen LogP contribution < -0.4 is 10.9 Å². The molecule has 3 rings (SSSR count). The highest BCUT2D eigenvalue weighted by atomic mass is 79.9. The topological polar surface area (TPSA) is 64.0 Å². The predicted molar refractivity (Wildman–Crippen MR) is 106 cm³/mol. The monoisotopic (exact) mass is 413 g/mol. The maximum atomic E-state index is 12.6. The van der Waals surface area contributed by atoms with Gasteiger partial charge in [0.05, 0.1) is 23.3 Å². The predicted octanol–water partition coefficient (Wildman–Crippen LogP) is 3.73. The molecule has 0 saturated carbocycles. The molecule has 0 fully saturated rings. The Bertz CT molecular complexity index is 1010. The van der Waals surface area contributed by atoms with Crippen molar-refractivity contribution in [2.45, 2.75) is 32.9 Å². The highest BCUT2D eigenvalue weighted by molar-refractivity contribution is 9.10. The summed E-state index contributed by atoms with van der Waals surface area (Å²) in [5.41, 5.74) is 2.74. The minimum absolute atomic E-state index is 0.0777. The summed E-state index contributed by atoms with van der Waals surface area (Å²) in [5.74, 6) is -0.0954. The SMILES string of the molecule is Cc1ccccc1[C@@H](C)NC(=O)CCn1cnc2ccc(Br)cc2c1=O. The van der Waals surface area contributed by atoms with Gasteiger partial charge in [-0.25, -0.2) is 4.98 Å². The molecule has 1 atom stereocenters. The molecule has 134 valence electrons. The van der Waals surface area contributed by atoms with Crippen LogP contribution in [0.2, 0.25) is 0 Å². The van der Waals surface area contributed by atoms with Crippen molar-refractivity contribution in [3.63, 3.8) is 0 Å². The number of hydrogen-bond donors (Lipinski definition) is 1. The average molecular weight is 414 g/mol. The van der Waals surface area contributed by atoms with Crippen molar-refractivity contribution >= 4 is 32.7 Å². The Kier molecular flexibility index (Phi) is 5.52. The molecule has 0 bridgehead atoms. The summed E-state index contributed by atoms with van der Waals surface area (Å²) in [6, 6.07) is 13.3. The molecule has 0 aliphatic carbocycles. The number of carbonyl (C=O) groups is 1. The van der Waals surface area contributed by atoms with Gasteiger partial charge < -0.3 is 5.32 Å². The lowest BCUT2D eigenvalue weighted by molar-refractivity contribution is -0.121. The van der Waals surface area contributed by atoms with E-state index in [9.17, 15) is 9.59 Å². The van der Waals surface area contributed by atoms with Gasteiger partial charge in [0, 0.05) is 17.4 Å². The molecule has 1 amide bonds. The molecule has 0 unspecified atom stereocenters. The third-order valence-corrected chi connectivity index (χ3v) is 4.89. The molecular formula is C20H20BrN3O2. The Labute approximate surface area is 160 Å². The number of benzene rings is 2. The standard InChI is InChI=1S/C20H20BrN3O2/c1-13-5-3-4-6-16(13)14(2)23-19(25)9-10-24-12-22-18-8-7-15(21)11-17(18)20(24)26/h3-8,11-12,14H,9-10H2,1-2H3,(H,23,25)/t14-/m1/s1. The zero-order valence-electron chi connectivity index (χ0n) is 14.7. The van der Waals surface area contributed by atoms with Gasteiger partial charge in [0.15, 0.2) is 0 Å². The second-order valence-electron chi connectivity index (χ2n) is 6.30. The van der Waals surface area contributed by atoms with Gasteiger partial charge >= 0.3 is 0 Å². The molecule has 1 aromatic heterocycles.